The van der Waals surface area contributed by atoms with Crippen LogP contribution in [0.25, 0.3) is 0 Å². The van der Waals surface area contributed by atoms with Crippen LogP contribution in [0.1, 0.15) is 33.3 Å². The summed E-state index contributed by atoms with van der Waals surface area (Å²) in [6, 6.07) is 7.50. The largest absolute Gasteiger partial charge is 0.468 e. The number of esters is 1. The molecule has 21 heavy (non-hydrogen) atoms. The van der Waals surface area contributed by atoms with Crippen molar-refractivity contribution in [2.24, 2.45) is 5.73 Å². The van der Waals surface area contributed by atoms with E-state index < -0.39 is 6.04 Å². The summed E-state index contributed by atoms with van der Waals surface area (Å²) in [6.07, 6.45) is 0.480. The highest BCUT2D eigenvalue weighted by Crippen LogP contribution is 2.52. The van der Waals surface area contributed by atoms with E-state index in [9.17, 15) is 4.79 Å². The summed E-state index contributed by atoms with van der Waals surface area (Å²) in [4.78, 5) is 11.3. The zero-order chi connectivity index (χ0) is 15.8. The number of nitrogens with two attached hydrogens (primary N) is 1. The van der Waals surface area contributed by atoms with Gasteiger partial charge >= 0.3 is 12.9 Å². The van der Waals surface area contributed by atoms with Crippen LogP contribution in [0.15, 0.2) is 24.3 Å². The van der Waals surface area contributed by atoms with Crippen molar-refractivity contribution in [3.63, 3.8) is 0 Å². The Morgan fingerprint density at radius 3 is 2.29 bits per heavy atom. The normalized spacial score (nSPS) is 20.6. The molecule has 0 aromatic heterocycles. The molecule has 4 nitrogen and oxygen atoms in total. The molecule has 114 valence electrons. The van der Waals surface area contributed by atoms with Gasteiger partial charge in [-0.15, -0.1) is 0 Å². The molecule has 0 saturated carbocycles. The monoisotopic (exact) mass is 289 g/mol. The SMILES string of the molecule is COC(=O)[C@@H](N)Cc1ccc(B2OC(C)(C)C2(C)C)cc1. The molecule has 1 aliphatic rings. The van der Waals surface area contributed by atoms with Crippen LogP contribution in [0, 0.1) is 0 Å². The van der Waals surface area contributed by atoms with Gasteiger partial charge in [0.2, 0.25) is 0 Å². The van der Waals surface area contributed by atoms with Gasteiger partial charge in [-0.3, -0.25) is 4.79 Å². The second-order valence-corrected chi connectivity index (χ2v) is 6.81. The summed E-state index contributed by atoms with van der Waals surface area (Å²) in [5.74, 6) is -0.385. The third-order valence-electron chi connectivity index (χ3n) is 4.86. The highest BCUT2D eigenvalue weighted by atomic mass is 16.5. The minimum Gasteiger partial charge on any atom is -0.468 e. The molecular weight excluding hydrogens is 265 g/mol. The average molecular weight is 289 g/mol. The van der Waals surface area contributed by atoms with Gasteiger partial charge in [0.1, 0.15) is 6.04 Å². The fourth-order valence-electron chi connectivity index (χ4n) is 2.65. The van der Waals surface area contributed by atoms with Gasteiger partial charge in [0.15, 0.2) is 0 Å². The zero-order valence-electron chi connectivity index (χ0n) is 13.5. The Bertz CT molecular complexity index is 525. The van der Waals surface area contributed by atoms with Gasteiger partial charge in [0.25, 0.3) is 0 Å². The maximum Gasteiger partial charge on any atom is 0.335 e. The quantitative estimate of drug-likeness (QED) is 0.674. The number of benzene rings is 1. The van der Waals surface area contributed by atoms with Crippen molar-refractivity contribution in [1.82, 2.24) is 0 Å². The van der Waals surface area contributed by atoms with Crippen molar-refractivity contribution >= 4 is 18.3 Å². The van der Waals surface area contributed by atoms with E-state index in [0.29, 0.717) is 6.42 Å². The van der Waals surface area contributed by atoms with Crippen molar-refractivity contribution in [3.8, 4) is 0 Å². The van der Waals surface area contributed by atoms with E-state index >= 15 is 0 Å². The van der Waals surface area contributed by atoms with Gasteiger partial charge in [-0.2, -0.15) is 0 Å². The Hall–Kier alpha value is -1.33. The van der Waals surface area contributed by atoms with Crippen molar-refractivity contribution in [2.45, 2.75) is 51.1 Å². The van der Waals surface area contributed by atoms with Gasteiger partial charge in [-0.25, -0.2) is 0 Å². The predicted molar refractivity (Wildman–Crippen MR) is 84.7 cm³/mol. The number of methoxy groups -OCH3 is 1. The molecule has 1 heterocycles. The molecule has 1 saturated heterocycles. The first kappa shape index (κ1) is 16.1. The summed E-state index contributed by atoms with van der Waals surface area (Å²) in [5.41, 5.74) is 7.85. The lowest BCUT2D eigenvalue weighted by Gasteiger charge is -2.57. The number of hydrogen-bond donors (Lipinski definition) is 1. The minimum atomic E-state index is -0.615. The number of carbonyl (C=O) groups excluding carboxylic acids is 1. The molecule has 0 radical (unpaired) electrons. The lowest BCUT2D eigenvalue weighted by molar-refractivity contribution is -0.142. The van der Waals surface area contributed by atoms with E-state index in [4.69, 9.17) is 10.4 Å². The van der Waals surface area contributed by atoms with Crippen molar-refractivity contribution in [2.75, 3.05) is 7.11 Å². The van der Waals surface area contributed by atoms with Crippen LogP contribution in [-0.2, 0) is 20.6 Å². The summed E-state index contributed by atoms with van der Waals surface area (Å²) in [7, 11) is 1.35. The van der Waals surface area contributed by atoms with Crippen LogP contribution in [0.4, 0.5) is 0 Å². The molecule has 1 fully saturated rings. The van der Waals surface area contributed by atoms with Gasteiger partial charge in [-0.05, 0) is 31.3 Å². The van der Waals surface area contributed by atoms with Crippen LogP contribution in [0.2, 0.25) is 5.31 Å². The molecule has 2 N–H and O–H groups in total. The summed E-state index contributed by atoms with van der Waals surface area (Å²) in [5, 5.41) is 0.0942. The Kier molecular flexibility index (Phi) is 4.18. The molecule has 1 aromatic rings. The minimum absolute atomic E-state index is 0.0942. The van der Waals surface area contributed by atoms with E-state index in [-0.39, 0.29) is 23.8 Å². The number of rotatable bonds is 4. The Labute approximate surface area is 127 Å². The van der Waals surface area contributed by atoms with Crippen LogP contribution >= 0.6 is 0 Å². The topological polar surface area (TPSA) is 61.5 Å². The number of ether oxygens (including phenoxy) is 1. The Balaban J connectivity index is 2.05. The highest BCUT2D eigenvalue weighted by Gasteiger charge is 2.59. The molecule has 1 aromatic carbocycles. The van der Waals surface area contributed by atoms with Crippen LogP contribution < -0.4 is 11.2 Å². The third-order valence-corrected chi connectivity index (χ3v) is 4.86. The molecular formula is C16H24BNO3. The second kappa shape index (κ2) is 5.46. The van der Waals surface area contributed by atoms with Gasteiger partial charge in [-0.1, -0.05) is 38.1 Å². The number of hydrogen-bond acceptors (Lipinski definition) is 4. The van der Waals surface area contributed by atoms with Gasteiger partial charge < -0.3 is 15.1 Å². The molecule has 0 bridgehead atoms. The maximum absolute atomic E-state index is 11.3. The maximum atomic E-state index is 11.3. The van der Waals surface area contributed by atoms with Gasteiger partial charge in [0, 0.05) is 10.9 Å². The summed E-state index contributed by atoms with van der Waals surface area (Å²) < 4.78 is 10.6. The van der Waals surface area contributed by atoms with E-state index in [1.807, 2.05) is 12.1 Å². The standard InChI is InChI=1S/C16H24BNO3/c1-15(2)16(3,4)21-17(15)12-8-6-11(7-9-12)10-13(18)14(19)20-5/h6-9,13H,10,18H2,1-5H3/t13-/m0/s1. The van der Waals surface area contributed by atoms with Crippen LogP contribution in [-0.4, -0.2) is 31.6 Å². The van der Waals surface area contributed by atoms with Crippen molar-refractivity contribution < 1.29 is 14.2 Å². The smallest absolute Gasteiger partial charge is 0.335 e. The van der Waals surface area contributed by atoms with E-state index in [0.717, 1.165) is 11.0 Å². The fourth-order valence-corrected chi connectivity index (χ4v) is 2.65. The first-order chi connectivity index (χ1) is 9.69. The van der Waals surface area contributed by atoms with E-state index in [1.54, 1.807) is 0 Å². The third kappa shape index (κ3) is 2.85. The molecule has 0 spiro atoms. The molecule has 0 aliphatic carbocycles. The molecule has 1 atom stereocenters. The van der Waals surface area contributed by atoms with Crippen LogP contribution in [0.3, 0.4) is 0 Å². The van der Waals surface area contributed by atoms with E-state index in [2.05, 4.69) is 44.6 Å². The van der Waals surface area contributed by atoms with Crippen LogP contribution in [0.5, 0.6) is 0 Å². The van der Waals surface area contributed by atoms with Crippen molar-refractivity contribution in [1.29, 1.82) is 0 Å². The Morgan fingerprint density at radius 2 is 1.86 bits per heavy atom. The zero-order valence-corrected chi connectivity index (χ0v) is 13.5. The molecule has 1 aliphatic heterocycles. The summed E-state index contributed by atoms with van der Waals surface area (Å²) in [6.45, 7) is 8.79. The van der Waals surface area contributed by atoms with Crippen molar-refractivity contribution in [3.05, 3.63) is 29.8 Å². The van der Waals surface area contributed by atoms with E-state index in [1.165, 1.54) is 7.11 Å². The second-order valence-electron chi connectivity index (χ2n) is 6.81. The first-order valence-electron chi connectivity index (χ1n) is 7.29. The predicted octanol–water partition coefficient (Wildman–Crippen LogP) is 1.52. The lowest BCUT2D eigenvalue weighted by Crippen LogP contribution is -2.66. The molecule has 0 unspecified atom stereocenters. The fraction of sp³-hybridized carbons (Fsp3) is 0.562. The van der Waals surface area contributed by atoms with Gasteiger partial charge in [0.05, 0.1) is 7.11 Å². The average Bonchev–Trinajstić information content (AvgIpc) is 2.45. The molecule has 2 rings (SSSR count). The first-order valence-corrected chi connectivity index (χ1v) is 7.29. The molecule has 5 heteroatoms. The molecule has 0 amide bonds. The summed E-state index contributed by atoms with van der Waals surface area (Å²) >= 11 is 0. The lowest BCUT2D eigenvalue weighted by atomic mass is 9.33. The highest BCUT2D eigenvalue weighted by molar-refractivity contribution is 6.73. The number of carbonyl (C=O) groups is 1. The Morgan fingerprint density at radius 1 is 1.29 bits per heavy atom.